The molecule has 0 spiro atoms. The fourth-order valence-corrected chi connectivity index (χ4v) is 4.81. The Morgan fingerprint density at radius 3 is 2.61 bits per heavy atom. The SMILES string of the molecule is C=C(C)c1ccc2c(c1)C(C)=CC2C(C)C(=C)Cc1ccc2c(c1)CC(N)C2. The van der Waals surface area contributed by atoms with E-state index in [9.17, 15) is 0 Å². The zero-order chi connectivity index (χ0) is 20.0. The van der Waals surface area contributed by atoms with Gasteiger partial charge in [0.25, 0.3) is 0 Å². The van der Waals surface area contributed by atoms with Gasteiger partial charge in [-0.3, -0.25) is 0 Å². The molecule has 1 nitrogen and oxygen atoms in total. The van der Waals surface area contributed by atoms with Crippen molar-refractivity contribution in [3.8, 4) is 0 Å². The zero-order valence-electron chi connectivity index (χ0n) is 17.4. The lowest BCUT2D eigenvalue weighted by molar-refractivity contribution is 0.600. The van der Waals surface area contributed by atoms with Crippen LogP contribution >= 0.6 is 0 Å². The van der Waals surface area contributed by atoms with Crippen LogP contribution in [-0.4, -0.2) is 6.04 Å². The topological polar surface area (TPSA) is 26.0 Å². The van der Waals surface area contributed by atoms with E-state index in [4.69, 9.17) is 5.73 Å². The Morgan fingerprint density at radius 2 is 1.86 bits per heavy atom. The molecule has 2 aliphatic carbocycles. The first-order valence-electron chi connectivity index (χ1n) is 10.4. The van der Waals surface area contributed by atoms with Crippen LogP contribution < -0.4 is 5.73 Å². The first-order chi connectivity index (χ1) is 13.3. The second kappa shape index (κ2) is 7.22. The molecular formula is C27H31N. The Morgan fingerprint density at radius 1 is 1.11 bits per heavy atom. The Balaban J connectivity index is 1.53. The van der Waals surface area contributed by atoms with E-state index in [0.29, 0.717) is 17.9 Å². The minimum atomic E-state index is 0.291. The molecule has 2 aromatic rings. The molecule has 0 amide bonds. The zero-order valence-corrected chi connectivity index (χ0v) is 17.4. The molecule has 0 saturated carbocycles. The summed E-state index contributed by atoms with van der Waals surface area (Å²) in [5.74, 6) is 0.812. The van der Waals surface area contributed by atoms with Gasteiger partial charge in [-0.2, -0.15) is 0 Å². The lowest BCUT2D eigenvalue weighted by Crippen LogP contribution is -2.18. The summed E-state index contributed by atoms with van der Waals surface area (Å²) in [5.41, 5.74) is 18.2. The molecule has 0 aromatic heterocycles. The van der Waals surface area contributed by atoms with Crippen molar-refractivity contribution >= 4 is 11.1 Å². The highest BCUT2D eigenvalue weighted by atomic mass is 14.6. The maximum absolute atomic E-state index is 6.13. The quantitative estimate of drug-likeness (QED) is 0.635. The molecular weight excluding hydrogens is 338 g/mol. The van der Waals surface area contributed by atoms with Gasteiger partial charge < -0.3 is 5.73 Å². The summed E-state index contributed by atoms with van der Waals surface area (Å²) in [5, 5.41) is 0. The van der Waals surface area contributed by atoms with Crippen molar-refractivity contribution in [2.45, 2.75) is 52.0 Å². The fraction of sp³-hybridized carbons (Fsp3) is 0.333. The van der Waals surface area contributed by atoms with Gasteiger partial charge in [-0.05, 0) is 84.0 Å². The van der Waals surface area contributed by atoms with Gasteiger partial charge in [0.2, 0.25) is 0 Å². The summed E-state index contributed by atoms with van der Waals surface area (Å²) < 4.78 is 0. The molecule has 0 fully saturated rings. The van der Waals surface area contributed by atoms with E-state index in [-0.39, 0.29) is 0 Å². The summed E-state index contributed by atoms with van der Waals surface area (Å²) in [6.45, 7) is 15.2. The summed E-state index contributed by atoms with van der Waals surface area (Å²) in [6.07, 6.45) is 5.38. The predicted octanol–water partition coefficient (Wildman–Crippen LogP) is 6.08. The minimum Gasteiger partial charge on any atom is -0.327 e. The molecule has 2 aromatic carbocycles. The third-order valence-corrected chi connectivity index (χ3v) is 6.61. The van der Waals surface area contributed by atoms with Crippen molar-refractivity contribution in [1.29, 1.82) is 0 Å². The molecule has 3 unspecified atom stereocenters. The largest absolute Gasteiger partial charge is 0.327 e. The monoisotopic (exact) mass is 369 g/mol. The van der Waals surface area contributed by atoms with E-state index < -0.39 is 0 Å². The number of fused-ring (bicyclic) bond motifs is 2. The highest BCUT2D eigenvalue weighted by Crippen LogP contribution is 2.43. The Hall–Kier alpha value is -2.38. The van der Waals surface area contributed by atoms with Gasteiger partial charge in [-0.15, -0.1) is 0 Å². The van der Waals surface area contributed by atoms with Gasteiger partial charge in [-0.1, -0.05) is 67.6 Å². The lowest BCUT2D eigenvalue weighted by atomic mass is 9.81. The summed E-state index contributed by atoms with van der Waals surface area (Å²) >= 11 is 0. The van der Waals surface area contributed by atoms with Crippen LogP contribution in [0.25, 0.3) is 11.1 Å². The van der Waals surface area contributed by atoms with Crippen LogP contribution in [0.2, 0.25) is 0 Å². The fourth-order valence-electron chi connectivity index (χ4n) is 4.81. The van der Waals surface area contributed by atoms with Crippen molar-refractivity contribution in [3.63, 3.8) is 0 Å². The minimum absolute atomic E-state index is 0.291. The number of hydrogen-bond acceptors (Lipinski definition) is 1. The van der Waals surface area contributed by atoms with Crippen LogP contribution in [-0.2, 0) is 19.3 Å². The van der Waals surface area contributed by atoms with Crippen molar-refractivity contribution in [1.82, 2.24) is 0 Å². The van der Waals surface area contributed by atoms with E-state index in [0.717, 1.165) is 24.8 Å². The van der Waals surface area contributed by atoms with Gasteiger partial charge in [0.1, 0.15) is 0 Å². The van der Waals surface area contributed by atoms with E-state index >= 15 is 0 Å². The Bertz CT molecular complexity index is 991. The number of benzene rings is 2. The molecule has 4 rings (SSSR count). The third-order valence-electron chi connectivity index (χ3n) is 6.61. The highest BCUT2D eigenvalue weighted by Gasteiger charge is 2.28. The van der Waals surface area contributed by atoms with Crippen LogP contribution in [0.1, 0.15) is 60.1 Å². The number of nitrogens with two attached hydrogens (primary N) is 1. The first-order valence-corrected chi connectivity index (χ1v) is 10.4. The summed E-state index contributed by atoms with van der Waals surface area (Å²) in [6, 6.07) is 14.0. The van der Waals surface area contributed by atoms with Gasteiger partial charge in [0.15, 0.2) is 0 Å². The molecule has 0 radical (unpaired) electrons. The smallest absolute Gasteiger partial charge is 0.0120 e. The van der Waals surface area contributed by atoms with Crippen molar-refractivity contribution in [2.75, 3.05) is 0 Å². The van der Waals surface area contributed by atoms with E-state index in [1.54, 1.807) is 0 Å². The normalized spacial score (nSPS) is 21.1. The standard InChI is InChI=1S/C27H31N/c1-16(2)21-8-9-25-26(15-21)18(4)11-27(25)19(5)17(3)10-20-6-7-22-13-24(28)14-23(22)12-20/h6-9,11-12,15,19,24,27H,1,3,10,13-14,28H2,2,4-5H3. The van der Waals surface area contributed by atoms with Gasteiger partial charge in [-0.25, -0.2) is 0 Å². The maximum atomic E-state index is 6.13. The first kappa shape index (κ1) is 19.0. The molecule has 0 bridgehead atoms. The van der Waals surface area contributed by atoms with Crippen LogP contribution in [0.15, 0.2) is 61.2 Å². The van der Waals surface area contributed by atoms with Crippen LogP contribution in [0.5, 0.6) is 0 Å². The average molecular weight is 370 g/mol. The number of allylic oxidation sites excluding steroid dienone is 4. The second-order valence-corrected chi connectivity index (χ2v) is 8.85. The second-order valence-electron chi connectivity index (χ2n) is 8.85. The number of rotatable bonds is 5. The molecule has 0 saturated heterocycles. The number of hydrogen-bond donors (Lipinski definition) is 1. The maximum Gasteiger partial charge on any atom is 0.0120 e. The summed E-state index contributed by atoms with van der Waals surface area (Å²) in [7, 11) is 0. The van der Waals surface area contributed by atoms with E-state index in [1.165, 1.54) is 44.5 Å². The van der Waals surface area contributed by atoms with Crippen LogP contribution in [0.4, 0.5) is 0 Å². The van der Waals surface area contributed by atoms with Crippen LogP contribution in [0.3, 0.4) is 0 Å². The van der Waals surface area contributed by atoms with Crippen molar-refractivity contribution in [2.24, 2.45) is 11.7 Å². The Kier molecular flexibility index (Phi) is 4.89. The van der Waals surface area contributed by atoms with Crippen molar-refractivity contribution < 1.29 is 0 Å². The lowest BCUT2D eigenvalue weighted by Gasteiger charge is -2.22. The molecule has 2 N–H and O–H groups in total. The molecule has 0 aliphatic heterocycles. The predicted molar refractivity (Wildman–Crippen MR) is 121 cm³/mol. The average Bonchev–Trinajstić information content (AvgIpc) is 3.19. The molecule has 144 valence electrons. The summed E-state index contributed by atoms with van der Waals surface area (Å²) in [4.78, 5) is 0. The van der Waals surface area contributed by atoms with E-state index in [1.807, 2.05) is 0 Å². The van der Waals surface area contributed by atoms with Crippen molar-refractivity contribution in [3.05, 3.63) is 94.6 Å². The molecule has 1 heteroatoms. The molecule has 0 heterocycles. The Labute approximate surface area is 169 Å². The van der Waals surface area contributed by atoms with Gasteiger partial charge in [0, 0.05) is 12.0 Å². The molecule has 28 heavy (non-hydrogen) atoms. The van der Waals surface area contributed by atoms with Gasteiger partial charge in [0.05, 0.1) is 0 Å². The van der Waals surface area contributed by atoms with Gasteiger partial charge >= 0.3 is 0 Å². The highest BCUT2D eigenvalue weighted by molar-refractivity contribution is 5.77. The molecule has 2 aliphatic rings. The van der Waals surface area contributed by atoms with Crippen LogP contribution in [0, 0.1) is 5.92 Å². The molecule has 3 atom stereocenters. The third kappa shape index (κ3) is 3.40. The van der Waals surface area contributed by atoms with E-state index in [2.05, 4.69) is 76.4 Å².